The zero-order valence-corrected chi connectivity index (χ0v) is 11.2. The third-order valence-electron chi connectivity index (χ3n) is 2.26. The highest BCUT2D eigenvalue weighted by atomic mass is 19.4. The molecule has 0 saturated heterocycles. The predicted octanol–water partition coefficient (Wildman–Crippen LogP) is 2.91. The van der Waals surface area contributed by atoms with Crippen molar-refractivity contribution in [2.24, 2.45) is 0 Å². The third kappa shape index (κ3) is 5.17. The van der Waals surface area contributed by atoms with E-state index in [9.17, 15) is 13.2 Å². The molecule has 8 heteroatoms. The molecule has 0 radical (unpaired) electrons. The zero-order chi connectivity index (χ0) is 16.0. The Bertz CT molecular complexity index is 603. The van der Waals surface area contributed by atoms with E-state index in [2.05, 4.69) is 9.97 Å². The molecule has 2 aromatic heterocycles. The van der Waals surface area contributed by atoms with Gasteiger partial charge < -0.3 is 14.9 Å². The minimum absolute atomic E-state index is 0.165. The molecule has 0 spiro atoms. The highest BCUT2D eigenvalue weighted by Crippen LogP contribution is 2.29. The molecule has 2 heterocycles. The van der Waals surface area contributed by atoms with Gasteiger partial charge in [0.05, 0.1) is 25.1 Å². The van der Waals surface area contributed by atoms with Gasteiger partial charge in [-0.25, -0.2) is 4.98 Å². The summed E-state index contributed by atoms with van der Waals surface area (Å²) in [5, 5.41) is 17.5. The number of rotatable bonds is 1. The Balaban J connectivity index is 0.000000211. The van der Waals surface area contributed by atoms with Crippen molar-refractivity contribution >= 4 is 0 Å². The van der Waals surface area contributed by atoms with Crippen LogP contribution in [0, 0.1) is 6.92 Å². The minimum atomic E-state index is -4.44. The van der Waals surface area contributed by atoms with Crippen molar-refractivity contribution in [1.82, 2.24) is 9.97 Å². The fourth-order valence-electron chi connectivity index (χ4n) is 1.34. The molecule has 0 atom stereocenters. The van der Waals surface area contributed by atoms with Gasteiger partial charge in [0.15, 0.2) is 0 Å². The van der Waals surface area contributed by atoms with Gasteiger partial charge in [-0.05, 0) is 19.1 Å². The lowest BCUT2D eigenvalue weighted by Crippen LogP contribution is -2.04. The second-order valence-electron chi connectivity index (χ2n) is 3.95. The second kappa shape index (κ2) is 6.78. The molecule has 2 aromatic rings. The number of halogens is 3. The van der Waals surface area contributed by atoms with E-state index in [-0.39, 0.29) is 5.75 Å². The summed E-state index contributed by atoms with van der Waals surface area (Å²) in [6.07, 6.45) is -1.49. The lowest BCUT2D eigenvalue weighted by atomic mass is 10.3. The predicted molar refractivity (Wildman–Crippen MR) is 68.1 cm³/mol. The Hall–Kier alpha value is -2.51. The van der Waals surface area contributed by atoms with E-state index in [1.54, 1.807) is 13.2 Å². The van der Waals surface area contributed by atoms with Crippen molar-refractivity contribution < 1.29 is 28.1 Å². The maximum atomic E-state index is 11.8. The number of aromatic hydroxyl groups is 2. The van der Waals surface area contributed by atoms with E-state index < -0.39 is 17.5 Å². The molecule has 0 aliphatic rings. The number of pyridine rings is 2. The molecule has 0 aliphatic carbocycles. The molecule has 2 N–H and O–H groups in total. The first-order valence-corrected chi connectivity index (χ1v) is 5.65. The third-order valence-corrected chi connectivity index (χ3v) is 2.26. The summed E-state index contributed by atoms with van der Waals surface area (Å²) < 4.78 is 40.3. The fourth-order valence-corrected chi connectivity index (χ4v) is 1.34. The molecule has 0 aliphatic heterocycles. The van der Waals surface area contributed by atoms with Crippen molar-refractivity contribution in [2.45, 2.75) is 13.1 Å². The van der Waals surface area contributed by atoms with Crippen molar-refractivity contribution in [3.8, 4) is 17.4 Å². The maximum Gasteiger partial charge on any atom is 0.418 e. The van der Waals surface area contributed by atoms with Gasteiger partial charge in [0.1, 0.15) is 11.5 Å². The summed E-state index contributed by atoms with van der Waals surface area (Å²) in [5.41, 5.74) is -0.111. The molecule has 0 fully saturated rings. The van der Waals surface area contributed by atoms with E-state index >= 15 is 0 Å². The zero-order valence-electron chi connectivity index (χ0n) is 11.2. The summed E-state index contributed by atoms with van der Waals surface area (Å²) in [4.78, 5) is 7.00. The molecule has 0 aromatic carbocycles. The van der Waals surface area contributed by atoms with Crippen LogP contribution in [0.5, 0.6) is 17.4 Å². The molecule has 0 amide bonds. The molecule has 21 heavy (non-hydrogen) atoms. The lowest BCUT2D eigenvalue weighted by molar-refractivity contribution is -0.137. The van der Waals surface area contributed by atoms with Crippen LogP contribution in [0.4, 0.5) is 13.2 Å². The maximum absolute atomic E-state index is 11.8. The molecule has 0 unspecified atom stereocenters. The van der Waals surface area contributed by atoms with E-state index in [1.165, 1.54) is 6.20 Å². The Morgan fingerprint density at radius 3 is 2.10 bits per heavy atom. The first-order valence-electron chi connectivity index (χ1n) is 5.65. The Labute approximate surface area is 118 Å². The Morgan fingerprint density at radius 2 is 1.67 bits per heavy atom. The van der Waals surface area contributed by atoms with Crippen LogP contribution < -0.4 is 4.74 Å². The summed E-state index contributed by atoms with van der Waals surface area (Å²) >= 11 is 0. The average Bonchev–Trinajstić information content (AvgIpc) is 2.38. The smallest absolute Gasteiger partial charge is 0.418 e. The van der Waals surface area contributed by atoms with Crippen molar-refractivity contribution in [3.63, 3.8) is 0 Å². The average molecular weight is 302 g/mol. The second-order valence-corrected chi connectivity index (χ2v) is 3.95. The molecule has 2 rings (SSSR count). The van der Waals surface area contributed by atoms with Crippen LogP contribution in [0.3, 0.4) is 0 Å². The molecular formula is C13H13F3N2O3. The normalized spacial score (nSPS) is 10.5. The number of hydrogen-bond donors (Lipinski definition) is 2. The topological polar surface area (TPSA) is 75.5 Å². The highest BCUT2D eigenvalue weighted by Gasteiger charge is 2.30. The number of hydrogen-bond acceptors (Lipinski definition) is 5. The molecular weight excluding hydrogens is 289 g/mol. The number of aryl methyl sites for hydroxylation is 1. The summed E-state index contributed by atoms with van der Waals surface area (Å²) in [6.45, 7) is 1.82. The number of methoxy groups -OCH3 is 1. The van der Waals surface area contributed by atoms with Gasteiger partial charge in [0, 0.05) is 11.8 Å². The van der Waals surface area contributed by atoms with Crippen LogP contribution >= 0.6 is 0 Å². The SMILES string of the molecule is COc1ncc(O)cc1C.Oc1cncc(C(F)(F)F)c1. The summed E-state index contributed by atoms with van der Waals surface area (Å²) in [7, 11) is 1.55. The first kappa shape index (κ1) is 16.5. The van der Waals surface area contributed by atoms with Crippen LogP contribution in [0.1, 0.15) is 11.1 Å². The highest BCUT2D eigenvalue weighted by molar-refractivity contribution is 5.30. The number of nitrogens with zero attached hydrogens (tertiary/aromatic N) is 2. The van der Waals surface area contributed by atoms with E-state index in [0.717, 1.165) is 11.8 Å². The van der Waals surface area contributed by atoms with Crippen LogP contribution in [-0.2, 0) is 6.18 Å². The summed E-state index contributed by atoms with van der Waals surface area (Å²) in [5.74, 6) is 0.232. The van der Waals surface area contributed by atoms with Crippen molar-refractivity contribution in [3.05, 3.63) is 41.9 Å². The van der Waals surface area contributed by atoms with Gasteiger partial charge in [0.2, 0.25) is 5.88 Å². The van der Waals surface area contributed by atoms with Gasteiger partial charge in [-0.3, -0.25) is 4.98 Å². The van der Waals surface area contributed by atoms with Crippen LogP contribution in [0.25, 0.3) is 0 Å². The van der Waals surface area contributed by atoms with Gasteiger partial charge in [-0.2, -0.15) is 13.2 Å². The van der Waals surface area contributed by atoms with Crippen molar-refractivity contribution in [2.75, 3.05) is 7.11 Å². The van der Waals surface area contributed by atoms with Crippen LogP contribution in [0.2, 0.25) is 0 Å². The number of ether oxygens (including phenoxy) is 1. The molecule has 0 saturated carbocycles. The number of alkyl halides is 3. The van der Waals surface area contributed by atoms with Gasteiger partial charge in [0.25, 0.3) is 0 Å². The van der Waals surface area contributed by atoms with E-state index in [1.807, 2.05) is 6.92 Å². The largest absolute Gasteiger partial charge is 0.506 e. The fraction of sp³-hybridized carbons (Fsp3) is 0.231. The molecule has 0 bridgehead atoms. The van der Waals surface area contributed by atoms with Crippen LogP contribution in [-0.4, -0.2) is 27.3 Å². The quantitative estimate of drug-likeness (QED) is 0.847. The van der Waals surface area contributed by atoms with E-state index in [0.29, 0.717) is 18.1 Å². The standard InChI is InChI=1S/C7H9NO2.C6H4F3NO/c1-5-3-6(9)4-8-7(5)10-2;7-6(8,9)4-1-5(11)3-10-2-4/h3-4,9H,1-2H3;1-3,11H. The van der Waals surface area contributed by atoms with Gasteiger partial charge in [-0.15, -0.1) is 0 Å². The number of aromatic nitrogens is 2. The Kier molecular flexibility index (Phi) is 5.34. The van der Waals surface area contributed by atoms with Gasteiger partial charge >= 0.3 is 6.18 Å². The van der Waals surface area contributed by atoms with E-state index in [4.69, 9.17) is 14.9 Å². The van der Waals surface area contributed by atoms with Crippen molar-refractivity contribution in [1.29, 1.82) is 0 Å². The summed E-state index contributed by atoms with van der Waals surface area (Å²) in [6, 6.07) is 2.22. The Morgan fingerprint density at radius 1 is 1.05 bits per heavy atom. The lowest BCUT2D eigenvalue weighted by Gasteiger charge is -2.04. The van der Waals surface area contributed by atoms with Gasteiger partial charge in [-0.1, -0.05) is 0 Å². The molecule has 114 valence electrons. The first-order chi connectivity index (χ1) is 9.74. The minimum Gasteiger partial charge on any atom is -0.506 e. The monoisotopic (exact) mass is 302 g/mol. The van der Waals surface area contributed by atoms with Crippen LogP contribution in [0.15, 0.2) is 30.7 Å². The molecule has 5 nitrogen and oxygen atoms in total.